The van der Waals surface area contributed by atoms with Crippen molar-refractivity contribution in [2.75, 3.05) is 29.5 Å². The molecule has 0 atom stereocenters. The zero-order valence-corrected chi connectivity index (χ0v) is 8.43. The van der Waals surface area contributed by atoms with Crippen LogP contribution in [0.25, 0.3) is 0 Å². The number of hydrogen-bond acceptors (Lipinski definition) is 6. The normalized spacial score (nSPS) is 18.1. The highest BCUT2D eigenvalue weighted by molar-refractivity contribution is 5.50. The zero-order chi connectivity index (χ0) is 10.8. The highest BCUT2D eigenvalue weighted by Gasteiger charge is 2.18. The number of anilines is 3. The van der Waals surface area contributed by atoms with Gasteiger partial charge in [0.1, 0.15) is 11.6 Å². The Morgan fingerprint density at radius 2 is 1.93 bits per heavy atom. The van der Waals surface area contributed by atoms with Gasteiger partial charge < -0.3 is 21.5 Å². The van der Waals surface area contributed by atoms with Crippen molar-refractivity contribution < 1.29 is 5.11 Å². The predicted molar refractivity (Wildman–Crippen MR) is 58.3 cm³/mol. The maximum atomic E-state index is 9.37. The summed E-state index contributed by atoms with van der Waals surface area (Å²) in [5.41, 5.74) is 11.1. The van der Waals surface area contributed by atoms with Gasteiger partial charge in [0.05, 0.1) is 6.10 Å². The summed E-state index contributed by atoms with van der Waals surface area (Å²) in [5.74, 6) is 1.31. The van der Waals surface area contributed by atoms with Gasteiger partial charge in [0.2, 0.25) is 5.95 Å². The third-order valence-corrected chi connectivity index (χ3v) is 2.54. The fourth-order valence-corrected chi connectivity index (χ4v) is 1.73. The Kier molecular flexibility index (Phi) is 2.59. The molecule has 1 saturated heterocycles. The van der Waals surface area contributed by atoms with Gasteiger partial charge in [0.15, 0.2) is 0 Å². The minimum absolute atomic E-state index is 0.191. The summed E-state index contributed by atoms with van der Waals surface area (Å²) in [6, 6.07) is 1.70. The van der Waals surface area contributed by atoms with Crippen LogP contribution in [0.4, 0.5) is 17.6 Å². The second-order valence-electron chi connectivity index (χ2n) is 3.73. The first kappa shape index (κ1) is 9.97. The number of aromatic nitrogens is 2. The molecule has 6 nitrogen and oxygen atoms in total. The molecule has 0 bridgehead atoms. The molecule has 0 unspecified atom stereocenters. The number of piperidine rings is 1. The van der Waals surface area contributed by atoms with Crippen molar-refractivity contribution in [1.82, 2.24) is 9.97 Å². The van der Waals surface area contributed by atoms with Crippen molar-refractivity contribution in [1.29, 1.82) is 0 Å². The van der Waals surface area contributed by atoms with Crippen LogP contribution in [0.5, 0.6) is 0 Å². The van der Waals surface area contributed by atoms with Gasteiger partial charge in [-0.15, -0.1) is 0 Å². The van der Waals surface area contributed by atoms with E-state index in [9.17, 15) is 5.11 Å². The molecule has 5 N–H and O–H groups in total. The SMILES string of the molecule is Nc1cc(N2CCC(O)CC2)nc(N)n1. The molecule has 0 amide bonds. The lowest BCUT2D eigenvalue weighted by atomic mass is 10.1. The highest BCUT2D eigenvalue weighted by Crippen LogP contribution is 2.19. The molecule has 82 valence electrons. The standard InChI is InChI=1S/C9H15N5O/c10-7-5-8(13-9(11)12-7)14-3-1-6(15)2-4-14/h5-6,15H,1-4H2,(H4,10,11,12,13). The molecule has 1 aliphatic rings. The van der Waals surface area contributed by atoms with E-state index in [2.05, 4.69) is 14.9 Å². The molecule has 0 aromatic carbocycles. The summed E-state index contributed by atoms with van der Waals surface area (Å²) in [7, 11) is 0. The highest BCUT2D eigenvalue weighted by atomic mass is 16.3. The van der Waals surface area contributed by atoms with Crippen molar-refractivity contribution >= 4 is 17.6 Å². The number of nitrogens with zero attached hydrogens (tertiary/aromatic N) is 3. The summed E-state index contributed by atoms with van der Waals surface area (Å²) in [6.07, 6.45) is 1.31. The smallest absolute Gasteiger partial charge is 0.223 e. The van der Waals surface area contributed by atoms with E-state index in [1.165, 1.54) is 0 Å². The molecule has 2 rings (SSSR count). The predicted octanol–water partition coefficient (Wildman–Crippen LogP) is -0.398. The van der Waals surface area contributed by atoms with Crippen molar-refractivity contribution in [3.8, 4) is 0 Å². The van der Waals surface area contributed by atoms with E-state index in [1.807, 2.05) is 0 Å². The molecule has 2 heterocycles. The van der Waals surface area contributed by atoms with Crippen molar-refractivity contribution in [3.63, 3.8) is 0 Å². The van der Waals surface area contributed by atoms with Crippen LogP contribution in [-0.4, -0.2) is 34.3 Å². The second kappa shape index (κ2) is 3.90. The van der Waals surface area contributed by atoms with Crippen molar-refractivity contribution in [2.24, 2.45) is 0 Å². The Morgan fingerprint density at radius 1 is 1.27 bits per heavy atom. The molecular weight excluding hydrogens is 194 g/mol. The Balaban J connectivity index is 2.15. The Morgan fingerprint density at radius 3 is 2.53 bits per heavy atom. The van der Waals surface area contributed by atoms with Gasteiger partial charge in [-0.1, -0.05) is 0 Å². The summed E-state index contributed by atoms with van der Waals surface area (Å²) in [4.78, 5) is 9.98. The Bertz CT molecular complexity index is 328. The van der Waals surface area contributed by atoms with Crippen molar-refractivity contribution in [3.05, 3.63) is 6.07 Å². The largest absolute Gasteiger partial charge is 0.393 e. The Labute approximate surface area is 87.9 Å². The summed E-state index contributed by atoms with van der Waals surface area (Å²) < 4.78 is 0. The average Bonchev–Trinajstić information content (AvgIpc) is 2.17. The minimum Gasteiger partial charge on any atom is -0.393 e. The van der Waals surface area contributed by atoms with E-state index in [4.69, 9.17) is 11.5 Å². The zero-order valence-electron chi connectivity index (χ0n) is 8.43. The molecule has 1 fully saturated rings. The van der Waals surface area contributed by atoms with Gasteiger partial charge in [-0.2, -0.15) is 9.97 Å². The lowest BCUT2D eigenvalue weighted by Gasteiger charge is -2.30. The maximum absolute atomic E-state index is 9.37. The van der Waals surface area contributed by atoms with Gasteiger partial charge in [-0.3, -0.25) is 0 Å². The molecule has 0 radical (unpaired) electrons. The number of aliphatic hydroxyl groups excluding tert-OH is 1. The van der Waals surface area contributed by atoms with E-state index in [-0.39, 0.29) is 12.1 Å². The summed E-state index contributed by atoms with van der Waals surface area (Å²) in [6.45, 7) is 1.55. The van der Waals surface area contributed by atoms with Gasteiger partial charge >= 0.3 is 0 Å². The van der Waals surface area contributed by atoms with Gasteiger partial charge in [-0.05, 0) is 12.8 Å². The molecular formula is C9H15N5O. The lowest BCUT2D eigenvalue weighted by molar-refractivity contribution is 0.145. The molecule has 0 spiro atoms. The topological polar surface area (TPSA) is 101 Å². The fourth-order valence-electron chi connectivity index (χ4n) is 1.73. The molecule has 15 heavy (non-hydrogen) atoms. The molecule has 0 aliphatic carbocycles. The monoisotopic (exact) mass is 209 g/mol. The number of rotatable bonds is 1. The van der Waals surface area contributed by atoms with Crippen LogP contribution in [0.2, 0.25) is 0 Å². The first-order valence-corrected chi connectivity index (χ1v) is 4.98. The first-order chi connectivity index (χ1) is 7.15. The number of hydrogen-bond donors (Lipinski definition) is 3. The summed E-state index contributed by atoms with van der Waals surface area (Å²) in [5, 5.41) is 9.37. The van der Waals surface area contributed by atoms with E-state index in [0.717, 1.165) is 31.7 Å². The number of nitrogen functional groups attached to an aromatic ring is 2. The number of nitrogens with two attached hydrogens (primary N) is 2. The van der Waals surface area contributed by atoms with Crippen molar-refractivity contribution in [2.45, 2.75) is 18.9 Å². The summed E-state index contributed by atoms with van der Waals surface area (Å²) >= 11 is 0. The fraction of sp³-hybridized carbons (Fsp3) is 0.556. The van der Waals surface area contributed by atoms with Crippen LogP contribution in [0, 0.1) is 0 Å². The third-order valence-electron chi connectivity index (χ3n) is 2.54. The van der Waals surface area contributed by atoms with Crippen LogP contribution >= 0.6 is 0 Å². The van der Waals surface area contributed by atoms with Crippen LogP contribution in [0.15, 0.2) is 6.07 Å². The Hall–Kier alpha value is -1.56. The first-order valence-electron chi connectivity index (χ1n) is 4.98. The molecule has 6 heteroatoms. The quantitative estimate of drug-likeness (QED) is 0.582. The molecule has 1 aromatic heterocycles. The lowest BCUT2D eigenvalue weighted by Crippen LogP contribution is -2.36. The average molecular weight is 209 g/mol. The van der Waals surface area contributed by atoms with Crippen LogP contribution in [-0.2, 0) is 0 Å². The van der Waals surface area contributed by atoms with Gasteiger partial charge in [0, 0.05) is 19.2 Å². The van der Waals surface area contributed by atoms with Crippen LogP contribution in [0.3, 0.4) is 0 Å². The van der Waals surface area contributed by atoms with E-state index in [1.54, 1.807) is 6.07 Å². The maximum Gasteiger partial charge on any atom is 0.223 e. The number of aliphatic hydroxyl groups is 1. The van der Waals surface area contributed by atoms with Crippen LogP contribution < -0.4 is 16.4 Å². The molecule has 0 saturated carbocycles. The van der Waals surface area contributed by atoms with E-state index in [0.29, 0.717) is 5.82 Å². The molecule has 1 aromatic rings. The van der Waals surface area contributed by atoms with Gasteiger partial charge in [-0.25, -0.2) is 0 Å². The van der Waals surface area contributed by atoms with E-state index >= 15 is 0 Å². The van der Waals surface area contributed by atoms with Gasteiger partial charge in [0.25, 0.3) is 0 Å². The minimum atomic E-state index is -0.196. The van der Waals surface area contributed by atoms with Crippen LogP contribution in [0.1, 0.15) is 12.8 Å². The van der Waals surface area contributed by atoms with E-state index < -0.39 is 0 Å². The molecule has 1 aliphatic heterocycles. The third kappa shape index (κ3) is 2.27. The second-order valence-corrected chi connectivity index (χ2v) is 3.73.